The maximum atomic E-state index is 13.6. The summed E-state index contributed by atoms with van der Waals surface area (Å²) in [6, 6.07) is 18.0. The molecule has 2 aliphatic rings. The van der Waals surface area contributed by atoms with Gasteiger partial charge >= 0.3 is 0 Å². The summed E-state index contributed by atoms with van der Waals surface area (Å²) in [5.74, 6) is 1.71. The third-order valence-corrected chi connectivity index (χ3v) is 7.89. The van der Waals surface area contributed by atoms with Crippen molar-refractivity contribution in [2.45, 2.75) is 24.0 Å². The highest BCUT2D eigenvalue weighted by Gasteiger charge is 2.38. The standard InChI is InChI=1S/C26H26N2O7S/c1-17(18-7-12-23-24(15-18)34-14-13-33-23)27-26(29)25-16-28(21-5-3-4-6-22(21)35-25)36(30,31)20-10-8-19(32-2)9-11-20/h3-12,15,17,25H,13-14,16H2,1-2H3,(H,27,29)/t17-,25+/m0/s1. The van der Waals surface area contributed by atoms with Crippen molar-refractivity contribution in [3.63, 3.8) is 0 Å². The molecule has 188 valence electrons. The van der Waals surface area contributed by atoms with E-state index in [0.717, 1.165) is 5.56 Å². The van der Waals surface area contributed by atoms with Gasteiger partial charge in [-0.15, -0.1) is 0 Å². The molecule has 5 rings (SSSR count). The number of hydrogen-bond donors (Lipinski definition) is 1. The van der Waals surface area contributed by atoms with Crippen molar-refractivity contribution in [2.24, 2.45) is 0 Å². The first-order chi connectivity index (χ1) is 17.4. The molecular weight excluding hydrogens is 484 g/mol. The fourth-order valence-corrected chi connectivity index (χ4v) is 5.64. The molecule has 0 fully saturated rings. The molecule has 0 saturated heterocycles. The van der Waals surface area contributed by atoms with Gasteiger partial charge in [0.15, 0.2) is 17.6 Å². The zero-order valence-corrected chi connectivity index (χ0v) is 20.7. The lowest BCUT2D eigenvalue weighted by atomic mass is 10.1. The molecule has 0 unspecified atom stereocenters. The monoisotopic (exact) mass is 510 g/mol. The van der Waals surface area contributed by atoms with E-state index < -0.39 is 22.0 Å². The van der Waals surface area contributed by atoms with Crippen LogP contribution in [0.4, 0.5) is 5.69 Å². The zero-order chi connectivity index (χ0) is 25.3. The summed E-state index contributed by atoms with van der Waals surface area (Å²) < 4.78 is 50.6. The number of methoxy groups -OCH3 is 1. The summed E-state index contributed by atoms with van der Waals surface area (Å²) in [4.78, 5) is 13.3. The minimum atomic E-state index is -3.97. The number of nitrogens with one attached hydrogen (secondary N) is 1. The molecule has 1 N–H and O–H groups in total. The molecule has 9 nitrogen and oxygen atoms in total. The van der Waals surface area contributed by atoms with Crippen LogP contribution in [-0.2, 0) is 14.8 Å². The average Bonchev–Trinajstić information content (AvgIpc) is 2.92. The SMILES string of the molecule is COc1ccc(S(=O)(=O)N2C[C@H](C(=O)N[C@@H](C)c3ccc4c(c3)OCCO4)Oc3ccccc32)cc1. The zero-order valence-electron chi connectivity index (χ0n) is 19.8. The Hall–Kier alpha value is -3.92. The van der Waals surface area contributed by atoms with Crippen molar-refractivity contribution < 1.29 is 32.2 Å². The van der Waals surface area contributed by atoms with Gasteiger partial charge in [0.1, 0.15) is 24.7 Å². The third-order valence-electron chi connectivity index (χ3n) is 6.10. The Morgan fingerprint density at radius 2 is 1.72 bits per heavy atom. The van der Waals surface area contributed by atoms with E-state index in [2.05, 4.69) is 5.32 Å². The highest BCUT2D eigenvalue weighted by molar-refractivity contribution is 7.92. The van der Waals surface area contributed by atoms with E-state index in [0.29, 0.717) is 41.9 Å². The number of amides is 1. The van der Waals surface area contributed by atoms with Crippen LogP contribution in [0, 0.1) is 0 Å². The Labute approximate surface area is 209 Å². The Kier molecular flexibility index (Phi) is 6.36. The Balaban J connectivity index is 1.38. The summed E-state index contributed by atoms with van der Waals surface area (Å²) in [7, 11) is -2.46. The summed E-state index contributed by atoms with van der Waals surface area (Å²) in [6.45, 7) is 2.62. The molecule has 2 aliphatic heterocycles. The highest BCUT2D eigenvalue weighted by atomic mass is 32.2. The summed E-state index contributed by atoms with van der Waals surface area (Å²) in [5, 5.41) is 2.93. The van der Waals surface area contributed by atoms with Crippen LogP contribution < -0.4 is 28.6 Å². The van der Waals surface area contributed by atoms with Crippen LogP contribution in [-0.4, -0.2) is 47.3 Å². The van der Waals surface area contributed by atoms with Gasteiger partial charge in [-0.3, -0.25) is 9.10 Å². The predicted molar refractivity (Wildman–Crippen MR) is 132 cm³/mol. The molecule has 0 spiro atoms. The number of carbonyl (C=O) groups excluding carboxylic acids is 1. The van der Waals surface area contributed by atoms with E-state index >= 15 is 0 Å². The van der Waals surface area contributed by atoms with Gasteiger partial charge in [-0.05, 0) is 61.0 Å². The molecule has 2 atom stereocenters. The topological polar surface area (TPSA) is 103 Å². The summed E-state index contributed by atoms with van der Waals surface area (Å²) >= 11 is 0. The van der Waals surface area contributed by atoms with Crippen molar-refractivity contribution in [3.05, 3.63) is 72.3 Å². The quantitative estimate of drug-likeness (QED) is 0.543. The van der Waals surface area contributed by atoms with Crippen LogP contribution in [0.25, 0.3) is 0 Å². The van der Waals surface area contributed by atoms with Crippen molar-refractivity contribution in [2.75, 3.05) is 31.2 Å². The Morgan fingerprint density at radius 3 is 2.47 bits per heavy atom. The number of benzene rings is 3. The number of anilines is 1. The second-order valence-corrected chi connectivity index (χ2v) is 10.3. The van der Waals surface area contributed by atoms with Crippen LogP contribution in [0.1, 0.15) is 18.5 Å². The average molecular weight is 511 g/mol. The van der Waals surface area contributed by atoms with E-state index in [1.54, 1.807) is 36.4 Å². The molecule has 0 radical (unpaired) electrons. The van der Waals surface area contributed by atoms with Gasteiger partial charge in [-0.25, -0.2) is 8.42 Å². The van der Waals surface area contributed by atoms with Gasteiger partial charge in [0, 0.05) is 0 Å². The molecule has 36 heavy (non-hydrogen) atoms. The summed E-state index contributed by atoms with van der Waals surface area (Å²) in [5.41, 5.74) is 1.20. The lowest BCUT2D eigenvalue weighted by molar-refractivity contribution is -0.128. The first-order valence-electron chi connectivity index (χ1n) is 11.5. The maximum Gasteiger partial charge on any atom is 0.264 e. The first kappa shape index (κ1) is 23.8. The number of para-hydroxylation sites is 2. The molecule has 10 heteroatoms. The Morgan fingerprint density at radius 1 is 1.00 bits per heavy atom. The normalized spacial score (nSPS) is 17.4. The van der Waals surface area contributed by atoms with E-state index in [4.69, 9.17) is 18.9 Å². The second kappa shape index (κ2) is 9.62. The molecular formula is C26H26N2O7S. The van der Waals surface area contributed by atoms with Crippen LogP contribution >= 0.6 is 0 Å². The fourth-order valence-electron chi connectivity index (χ4n) is 4.16. The van der Waals surface area contributed by atoms with Gasteiger partial charge < -0.3 is 24.3 Å². The number of ether oxygens (including phenoxy) is 4. The van der Waals surface area contributed by atoms with Crippen LogP contribution in [0.2, 0.25) is 0 Å². The van der Waals surface area contributed by atoms with E-state index in [1.165, 1.54) is 23.5 Å². The molecule has 2 heterocycles. The lowest BCUT2D eigenvalue weighted by Crippen LogP contribution is -2.51. The van der Waals surface area contributed by atoms with E-state index in [1.807, 2.05) is 25.1 Å². The molecule has 0 aromatic heterocycles. The molecule has 3 aromatic rings. The molecule has 3 aromatic carbocycles. The Bertz CT molecular complexity index is 1380. The van der Waals surface area contributed by atoms with Gasteiger partial charge in [0.2, 0.25) is 0 Å². The van der Waals surface area contributed by atoms with Crippen molar-refractivity contribution in [3.8, 4) is 23.0 Å². The van der Waals surface area contributed by atoms with E-state index in [-0.39, 0.29) is 17.5 Å². The minimum absolute atomic E-state index is 0.0869. The number of hydrogen-bond acceptors (Lipinski definition) is 7. The molecule has 0 aliphatic carbocycles. The highest BCUT2D eigenvalue weighted by Crippen LogP contribution is 2.37. The molecule has 0 bridgehead atoms. The van der Waals surface area contributed by atoms with Crippen LogP contribution in [0.15, 0.2) is 71.6 Å². The van der Waals surface area contributed by atoms with Crippen molar-refractivity contribution in [1.82, 2.24) is 5.32 Å². The largest absolute Gasteiger partial charge is 0.497 e. The van der Waals surface area contributed by atoms with Crippen molar-refractivity contribution in [1.29, 1.82) is 0 Å². The number of nitrogens with zero attached hydrogens (tertiary/aromatic N) is 1. The van der Waals surface area contributed by atoms with Crippen molar-refractivity contribution >= 4 is 21.6 Å². The molecule has 1 amide bonds. The first-order valence-corrected chi connectivity index (χ1v) is 12.9. The predicted octanol–water partition coefficient (Wildman–Crippen LogP) is 3.30. The number of sulfonamides is 1. The van der Waals surface area contributed by atoms with Crippen LogP contribution in [0.5, 0.6) is 23.0 Å². The third kappa shape index (κ3) is 4.51. The second-order valence-electron chi connectivity index (χ2n) is 8.42. The van der Waals surface area contributed by atoms with Gasteiger partial charge in [0.25, 0.3) is 15.9 Å². The van der Waals surface area contributed by atoms with E-state index in [9.17, 15) is 13.2 Å². The van der Waals surface area contributed by atoms with Gasteiger partial charge in [0.05, 0.1) is 30.3 Å². The minimum Gasteiger partial charge on any atom is -0.497 e. The number of rotatable bonds is 6. The molecule has 0 saturated carbocycles. The van der Waals surface area contributed by atoms with Gasteiger partial charge in [-0.2, -0.15) is 0 Å². The van der Waals surface area contributed by atoms with Crippen LogP contribution in [0.3, 0.4) is 0 Å². The number of fused-ring (bicyclic) bond motifs is 2. The smallest absolute Gasteiger partial charge is 0.264 e. The lowest BCUT2D eigenvalue weighted by Gasteiger charge is -2.35. The fraction of sp³-hybridized carbons (Fsp3) is 0.269. The van der Waals surface area contributed by atoms with Gasteiger partial charge in [-0.1, -0.05) is 18.2 Å². The maximum absolute atomic E-state index is 13.6. The number of carbonyl (C=O) groups is 1. The summed E-state index contributed by atoms with van der Waals surface area (Å²) in [6.07, 6.45) is -1.05.